The summed E-state index contributed by atoms with van der Waals surface area (Å²) in [4.78, 5) is 7.97. The summed E-state index contributed by atoms with van der Waals surface area (Å²) in [6.45, 7) is 6.65. The number of rotatable bonds is 0. The summed E-state index contributed by atoms with van der Waals surface area (Å²) < 4.78 is 4.84. The molecule has 0 aliphatic carbocycles. The summed E-state index contributed by atoms with van der Waals surface area (Å²) in [5, 5.41) is 0. The second-order valence-corrected chi connectivity index (χ2v) is 2.03. The van der Waals surface area contributed by atoms with Crippen LogP contribution in [0.5, 0.6) is 0 Å². The van der Waals surface area contributed by atoms with E-state index in [2.05, 4.69) is 9.98 Å². The number of nitrogens with zero attached hydrogens (tertiary/aromatic N) is 2. The van der Waals surface area contributed by atoms with Crippen molar-refractivity contribution in [2.24, 2.45) is 9.98 Å². The van der Waals surface area contributed by atoms with Gasteiger partial charge in [0.25, 0.3) is 0 Å². The van der Waals surface area contributed by atoms with Crippen molar-refractivity contribution in [2.45, 2.75) is 20.8 Å². The van der Waals surface area contributed by atoms with E-state index in [1.54, 1.807) is 13.3 Å². The molecule has 0 aromatic heterocycles. The SMILES string of the molecule is CC.COC1=NCC=C(C)C=N1. The summed E-state index contributed by atoms with van der Waals surface area (Å²) >= 11 is 0. The van der Waals surface area contributed by atoms with Crippen molar-refractivity contribution in [1.82, 2.24) is 0 Å². The summed E-state index contributed by atoms with van der Waals surface area (Å²) in [6.07, 6.45) is 3.74. The van der Waals surface area contributed by atoms with Crippen LogP contribution in [0.25, 0.3) is 0 Å². The molecule has 0 saturated heterocycles. The van der Waals surface area contributed by atoms with E-state index in [-0.39, 0.29) is 0 Å². The van der Waals surface area contributed by atoms with Crippen molar-refractivity contribution in [2.75, 3.05) is 13.7 Å². The van der Waals surface area contributed by atoms with Crippen molar-refractivity contribution in [3.05, 3.63) is 11.6 Å². The summed E-state index contributed by atoms with van der Waals surface area (Å²) in [5.74, 6) is 0. The lowest BCUT2D eigenvalue weighted by Gasteiger charge is -1.92. The molecule has 12 heavy (non-hydrogen) atoms. The maximum absolute atomic E-state index is 4.84. The Balaban J connectivity index is 0.000000561. The molecule has 1 aliphatic heterocycles. The molecule has 0 aromatic rings. The fourth-order valence-electron chi connectivity index (χ4n) is 0.636. The Labute approximate surface area is 73.9 Å². The molecule has 68 valence electrons. The maximum atomic E-state index is 4.84. The van der Waals surface area contributed by atoms with Crippen LogP contribution in [0.3, 0.4) is 0 Å². The van der Waals surface area contributed by atoms with Gasteiger partial charge in [0, 0.05) is 6.21 Å². The molecule has 0 amide bonds. The molecular weight excluding hydrogens is 152 g/mol. The quantitative estimate of drug-likeness (QED) is 0.545. The standard InChI is InChI=1S/C7H10N2O.C2H6/c1-6-3-4-8-7(10-2)9-5-6;1-2/h3,5H,4H2,1-2H3;1-2H3. The molecule has 1 rings (SSSR count). The number of aliphatic imine (C=N–C) groups is 2. The molecule has 0 spiro atoms. The van der Waals surface area contributed by atoms with E-state index in [4.69, 9.17) is 4.74 Å². The molecular formula is C9H16N2O. The first-order valence-electron chi connectivity index (χ1n) is 4.12. The van der Waals surface area contributed by atoms with Gasteiger partial charge in [0.1, 0.15) is 0 Å². The highest BCUT2D eigenvalue weighted by atomic mass is 16.5. The van der Waals surface area contributed by atoms with Crippen molar-refractivity contribution in [3.8, 4) is 0 Å². The van der Waals surface area contributed by atoms with Crippen LogP contribution in [0.1, 0.15) is 20.8 Å². The third-order valence-electron chi connectivity index (χ3n) is 1.20. The van der Waals surface area contributed by atoms with Gasteiger partial charge in [-0.3, -0.25) is 0 Å². The zero-order chi connectivity index (χ0) is 9.40. The van der Waals surface area contributed by atoms with E-state index < -0.39 is 0 Å². The summed E-state index contributed by atoms with van der Waals surface area (Å²) in [7, 11) is 1.57. The molecule has 0 fully saturated rings. The van der Waals surface area contributed by atoms with E-state index >= 15 is 0 Å². The zero-order valence-electron chi connectivity index (χ0n) is 8.16. The smallest absolute Gasteiger partial charge is 0.311 e. The number of allylic oxidation sites excluding steroid dienone is 1. The Bertz CT molecular complexity index is 205. The number of hydrogen-bond donors (Lipinski definition) is 0. The Hall–Kier alpha value is -1.12. The highest BCUT2D eigenvalue weighted by molar-refractivity contribution is 5.91. The lowest BCUT2D eigenvalue weighted by Crippen LogP contribution is -1.96. The Morgan fingerprint density at radius 3 is 2.67 bits per heavy atom. The highest BCUT2D eigenvalue weighted by Gasteiger charge is 1.95. The highest BCUT2D eigenvalue weighted by Crippen LogP contribution is 1.95. The molecule has 0 unspecified atom stereocenters. The van der Waals surface area contributed by atoms with Gasteiger partial charge in [-0.1, -0.05) is 19.9 Å². The van der Waals surface area contributed by atoms with Gasteiger partial charge in [-0.05, 0) is 12.5 Å². The molecule has 0 N–H and O–H groups in total. The number of amidine groups is 1. The van der Waals surface area contributed by atoms with E-state index in [1.807, 2.05) is 26.8 Å². The largest absolute Gasteiger partial charge is 0.467 e. The minimum absolute atomic E-state index is 0.452. The van der Waals surface area contributed by atoms with E-state index in [0.717, 1.165) is 5.57 Å². The molecule has 0 atom stereocenters. The first-order chi connectivity index (χ1) is 5.83. The molecule has 0 aromatic carbocycles. The zero-order valence-corrected chi connectivity index (χ0v) is 8.16. The van der Waals surface area contributed by atoms with Gasteiger partial charge < -0.3 is 4.74 Å². The maximum Gasteiger partial charge on any atom is 0.311 e. The lowest BCUT2D eigenvalue weighted by molar-refractivity contribution is 0.396. The normalized spacial score (nSPS) is 15.0. The van der Waals surface area contributed by atoms with E-state index in [0.29, 0.717) is 12.6 Å². The fourth-order valence-corrected chi connectivity index (χ4v) is 0.636. The second kappa shape index (κ2) is 6.58. The number of methoxy groups -OCH3 is 1. The van der Waals surface area contributed by atoms with Crippen molar-refractivity contribution >= 4 is 12.2 Å². The van der Waals surface area contributed by atoms with Crippen molar-refractivity contribution in [3.63, 3.8) is 0 Å². The van der Waals surface area contributed by atoms with Gasteiger partial charge >= 0.3 is 6.02 Å². The van der Waals surface area contributed by atoms with Crippen LogP contribution in [0, 0.1) is 0 Å². The fraction of sp³-hybridized carbons (Fsp3) is 0.556. The van der Waals surface area contributed by atoms with Crippen molar-refractivity contribution in [1.29, 1.82) is 0 Å². The monoisotopic (exact) mass is 168 g/mol. The van der Waals surface area contributed by atoms with Gasteiger partial charge in [-0.15, -0.1) is 0 Å². The predicted molar refractivity (Wildman–Crippen MR) is 52.9 cm³/mol. The van der Waals surface area contributed by atoms with Crippen LogP contribution < -0.4 is 0 Å². The third kappa shape index (κ3) is 3.91. The summed E-state index contributed by atoms with van der Waals surface area (Å²) in [5.41, 5.74) is 1.12. The Morgan fingerprint density at radius 2 is 2.08 bits per heavy atom. The van der Waals surface area contributed by atoms with E-state index in [1.165, 1.54) is 0 Å². The average molecular weight is 168 g/mol. The van der Waals surface area contributed by atoms with Gasteiger partial charge in [-0.2, -0.15) is 0 Å². The molecule has 3 nitrogen and oxygen atoms in total. The molecule has 0 bridgehead atoms. The van der Waals surface area contributed by atoms with Crippen LogP contribution in [0.4, 0.5) is 0 Å². The predicted octanol–water partition coefficient (Wildman–Crippen LogP) is 2.05. The number of hydrogen-bond acceptors (Lipinski definition) is 3. The minimum atomic E-state index is 0.452. The van der Waals surface area contributed by atoms with Crippen molar-refractivity contribution < 1.29 is 4.74 Å². The Kier molecular flexibility index (Phi) is 5.97. The van der Waals surface area contributed by atoms with E-state index in [9.17, 15) is 0 Å². The summed E-state index contributed by atoms with van der Waals surface area (Å²) in [6, 6.07) is 0.452. The molecule has 1 aliphatic rings. The van der Waals surface area contributed by atoms with Crippen LogP contribution in [-0.4, -0.2) is 25.9 Å². The molecule has 0 saturated carbocycles. The first kappa shape index (κ1) is 10.9. The Morgan fingerprint density at radius 1 is 1.42 bits per heavy atom. The van der Waals surface area contributed by atoms with Crippen LogP contribution >= 0.6 is 0 Å². The lowest BCUT2D eigenvalue weighted by atomic mass is 10.3. The van der Waals surface area contributed by atoms with Gasteiger partial charge in [0.2, 0.25) is 0 Å². The van der Waals surface area contributed by atoms with Crippen LogP contribution in [0.15, 0.2) is 21.6 Å². The third-order valence-corrected chi connectivity index (χ3v) is 1.20. The topological polar surface area (TPSA) is 34.0 Å². The average Bonchev–Trinajstić information content (AvgIpc) is 2.33. The molecule has 3 heteroatoms. The molecule has 0 radical (unpaired) electrons. The minimum Gasteiger partial charge on any atom is -0.467 e. The first-order valence-corrected chi connectivity index (χ1v) is 4.12. The van der Waals surface area contributed by atoms with Crippen LogP contribution in [0.2, 0.25) is 0 Å². The van der Waals surface area contributed by atoms with Gasteiger partial charge in [0.15, 0.2) is 0 Å². The second-order valence-electron chi connectivity index (χ2n) is 2.03. The van der Waals surface area contributed by atoms with Gasteiger partial charge in [-0.25, -0.2) is 9.98 Å². The number of ether oxygens (including phenoxy) is 1. The van der Waals surface area contributed by atoms with Gasteiger partial charge in [0.05, 0.1) is 13.7 Å². The molecule has 1 heterocycles. The van der Waals surface area contributed by atoms with Crippen LogP contribution in [-0.2, 0) is 4.74 Å².